The summed E-state index contributed by atoms with van der Waals surface area (Å²) in [6, 6.07) is 7.57. The molecule has 1 aromatic carbocycles. The average molecular weight is 363 g/mol. The Morgan fingerprint density at radius 1 is 1.19 bits per heavy atom. The molecule has 0 aliphatic heterocycles. The van der Waals surface area contributed by atoms with Crippen molar-refractivity contribution in [2.24, 2.45) is 10.4 Å². The third kappa shape index (κ3) is 7.04. The molecule has 0 spiro atoms. The van der Waals surface area contributed by atoms with Crippen LogP contribution in [0.4, 0.5) is 0 Å². The molecule has 0 radical (unpaired) electrons. The normalized spacial score (nSPS) is 13.3. The van der Waals surface area contributed by atoms with E-state index in [1.807, 2.05) is 31.2 Å². The molecule has 1 aromatic rings. The van der Waals surface area contributed by atoms with Gasteiger partial charge in [0.1, 0.15) is 0 Å². The number of carbonyl (C=O) groups is 1. The van der Waals surface area contributed by atoms with E-state index < -0.39 is 0 Å². The number of guanidine groups is 1. The van der Waals surface area contributed by atoms with Crippen LogP contribution in [0.1, 0.15) is 43.6 Å². The minimum atomic E-state index is 0.00263. The Morgan fingerprint density at radius 2 is 1.81 bits per heavy atom. The molecule has 1 atom stereocenters. The molecule has 6 heteroatoms. The molecule has 1 rings (SSSR count). The van der Waals surface area contributed by atoms with Crippen LogP contribution in [0.5, 0.6) is 0 Å². The van der Waals surface area contributed by atoms with Crippen molar-refractivity contribution in [3.05, 3.63) is 35.4 Å². The minimum Gasteiger partial charge on any atom is -0.379 e. The van der Waals surface area contributed by atoms with Crippen LogP contribution < -0.4 is 10.6 Å². The summed E-state index contributed by atoms with van der Waals surface area (Å²) in [5, 5.41) is 6.60. The molecule has 0 aliphatic carbocycles. The van der Waals surface area contributed by atoms with Gasteiger partial charge in [-0.2, -0.15) is 0 Å². The van der Waals surface area contributed by atoms with E-state index in [0.29, 0.717) is 18.7 Å². The van der Waals surface area contributed by atoms with Gasteiger partial charge in [-0.3, -0.25) is 4.79 Å². The zero-order chi connectivity index (χ0) is 19.7. The van der Waals surface area contributed by atoms with E-state index in [-0.39, 0.29) is 17.4 Å². The predicted octanol–water partition coefficient (Wildman–Crippen LogP) is 2.50. The number of nitrogens with zero attached hydrogens (tertiary/aromatic N) is 2. The van der Waals surface area contributed by atoms with Crippen LogP contribution in [-0.2, 0) is 11.3 Å². The molecule has 0 heterocycles. The summed E-state index contributed by atoms with van der Waals surface area (Å²) in [7, 11) is 5.23. The number of amides is 1. The summed E-state index contributed by atoms with van der Waals surface area (Å²) in [5.41, 5.74) is 1.78. The van der Waals surface area contributed by atoms with Crippen molar-refractivity contribution in [1.82, 2.24) is 15.5 Å². The Balaban J connectivity index is 2.72. The maximum absolute atomic E-state index is 11.9. The largest absolute Gasteiger partial charge is 0.379 e. The summed E-state index contributed by atoms with van der Waals surface area (Å²) < 4.78 is 5.58. The Bertz CT molecular complexity index is 589. The maximum Gasteiger partial charge on any atom is 0.253 e. The zero-order valence-corrected chi connectivity index (χ0v) is 17.2. The lowest BCUT2D eigenvalue weighted by molar-refractivity contribution is 0.0205. The molecule has 0 aromatic heterocycles. The van der Waals surface area contributed by atoms with Gasteiger partial charge in [-0.25, -0.2) is 4.99 Å². The monoisotopic (exact) mass is 362 g/mol. The van der Waals surface area contributed by atoms with Gasteiger partial charge >= 0.3 is 0 Å². The Morgan fingerprint density at radius 3 is 2.27 bits per heavy atom. The summed E-state index contributed by atoms with van der Waals surface area (Å²) in [6.45, 7) is 10.5. The number of nitrogens with one attached hydrogen (secondary N) is 2. The number of rotatable bonds is 7. The molecule has 1 unspecified atom stereocenters. The molecular weight excluding hydrogens is 328 g/mol. The van der Waals surface area contributed by atoms with Crippen molar-refractivity contribution >= 4 is 11.9 Å². The highest BCUT2D eigenvalue weighted by Gasteiger charge is 2.24. The molecule has 146 valence electrons. The van der Waals surface area contributed by atoms with Crippen LogP contribution in [0.3, 0.4) is 0 Å². The summed E-state index contributed by atoms with van der Waals surface area (Å²) >= 11 is 0. The lowest BCUT2D eigenvalue weighted by Crippen LogP contribution is -2.45. The quantitative estimate of drug-likeness (QED) is 0.578. The van der Waals surface area contributed by atoms with Gasteiger partial charge in [-0.1, -0.05) is 32.9 Å². The highest BCUT2D eigenvalue weighted by atomic mass is 16.5. The summed E-state index contributed by atoms with van der Waals surface area (Å²) in [4.78, 5) is 18.1. The first kappa shape index (κ1) is 22.0. The minimum absolute atomic E-state index is 0.00263. The van der Waals surface area contributed by atoms with Crippen molar-refractivity contribution in [3.8, 4) is 0 Å². The van der Waals surface area contributed by atoms with Crippen LogP contribution in [0.15, 0.2) is 29.3 Å². The second-order valence-corrected chi connectivity index (χ2v) is 7.56. The smallest absolute Gasteiger partial charge is 0.253 e. The lowest BCUT2D eigenvalue weighted by Gasteiger charge is -2.30. The van der Waals surface area contributed by atoms with Gasteiger partial charge in [0.25, 0.3) is 5.91 Å². The van der Waals surface area contributed by atoms with Crippen LogP contribution in [0, 0.1) is 5.41 Å². The molecule has 2 N–H and O–H groups in total. The molecule has 6 nitrogen and oxygen atoms in total. The number of benzene rings is 1. The number of hydrogen-bond acceptors (Lipinski definition) is 3. The first-order valence-corrected chi connectivity index (χ1v) is 9.04. The number of ether oxygens (including phenoxy) is 1. The van der Waals surface area contributed by atoms with Gasteiger partial charge in [0, 0.05) is 39.9 Å². The van der Waals surface area contributed by atoms with Gasteiger partial charge in [-0.05, 0) is 30.0 Å². The second kappa shape index (κ2) is 10.2. The van der Waals surface area contributed by atoms with E-state index >= 15 is 0 Å². The lowest BCUT2D eigenvalue weighted by atomic mass is 9.89. The van der Waals surface area contributed by atoms with Crippen LogP contribution >= 0.6 is 0 Å². The first-order valence-electron chi connectivity index (χ1n) is 9.04. The van der Waals surface area contributed by atoms with Gasteiger partial charge < -0.3 is 20.3 Å². The average Bonchev–Trinajstić information content (AvgIpc) is 2.58. The molecule has 0 aliphatic rings. The number of methoxy groups -OCH3 is 1. The first-order chi connectivity index (χ1) is 12.2. The van der Waals surface area contributed by atoms with E-state index in [4.69, 9.17) is 4.74 Å². The maximum atomic E-state index is 11.9. The van der Waals surface area contributed by atoms with Crippen LogP contribution in [-0.4, -0.2) is 57.2 Å². The Kier molecular flexibility index (Phi) is 8.58. The van der Waals surface area contributed by atoms with Gasteiger partial charge in [0.15, 0.2) is 5.96 Å². The fourth-order valence-electron chi connectivity index (χ4n) is 2.46. The molecule has 1 amide bonds. The molecule has 0 fully saturated rings. The van der Waals surface area contributed by atoms with Crippen molar-refractivity contribution in [1.29, 1.82) is 0 Å². The van der Waals surface area contributed by atoms with Gasteiger partial charge in [0.05, 0.1) is 12.6 Å². The number of aliphatic imine (C=N–C) groups is 1. The van der Waals surface area contributed by atoms with Crippen LogP contribution in [0.2, 0.25) is 0 Å². The topological polar surface area (TPSA) is 66.0 Å². The highest BCUT2D eigenvalue weighted by molar-refractivity contribution is 5.93. The highest BCUT2D eigenvalue weighted by Crippen LogP contribution is 2.20. The van der Waals surface area contributed by atoms with E-state index in [2.05, 4.69) is 36.4 Å². The van der Waals surface area contributed by atoms with E-state index in [1.54, 1.807) is 26.1 Å². The van der Waals surface area contributed by atoms with E-state index in [0.717, 1.165) is 18.1 Å². The predicted molar refractivity (Wildman–Crippen MR) is 108 cm³/mol. The molecular formula is C20H34N4O2. The number of carbonyl (C=O) groups excluding carboxylic acids is 1. The Labute approximate surface area is 158 Å². The number of hydrogen-bond donors (Lipinski definition) is 2. The van der Waals surface area contributed by atoms with Crippen molar-refractivity contribution in [3.63, 3.8) is 0 Å². The molecule has 26 heavy (non-hydrogen) atoms. The zero-order valence-electron chi connectivity index (χ0n) is 17.2. The standard InChI is InChI=1S/C20H34N4O2/c1-8-21-19(23-14-17(26-7)20(2,3)4)22-13-15-9-11-16(12-10-15)18(25)24(5)6/h9-12,17H,8,13-14H2,1-7H3,(H2,21,22,23). The second-order valence-electron chi connectivity index (χ2n) is 7.56. The van der Waals surface area contributed by atoms with Crippen molar-refractivity contribution in [2.75, 3.05) is 34.3 Å². The third-order valence-corrected chi connectivity index (χ3v) is 4.08. The van der Waals surface area contributed by atoms with E-state index in [9.17, 15) is 4.79 Å². The SMILES string of the molecule is CCNC(=NCc1ccc(C(=O)N(C)C)cc1)NCC(OC)C(C)(C)C. The van der Waals surface area contributed by atoms with Crippen molar-refractivity contribution < 1.29 is 9.53 Å². The molecule has 0 saturated heterocycles. The summed E-state index contributed by atoms with van der Waals surface area (Å²) in [5.74, 6) is 0.759. The summed E-state index contributed by atoms with van der Waals surface area (Å²) in [6.07, 6.45) is 0.0858. The molecule has 0 bridgehead atoms. The fourth-order valence-corrected chi connectivity index (χ4v) is 2.46. The van der Waals surface area contributed by atoms with Gasteiger partial charge in [0.2, 0.25) is 0 Å². The van der Waals surface area contributed by atoms with Crippen LogP contribution in [0.25, 0.3) is 0 Å². The third-order valence-electron chi connectivity index (χ3n) is 4.08. The van der Waals surface area contributed by atoms with Gasteiger partial charge in [-0.15, -0.1) is 0 Å². The fraction of sp³-hybridized carbons (Fsp3) is 0.600. The Hall–Kier alpha value is -2.08. The van der Waals surface area contributed by atoms with E-state index in [1.165, 1.54) is 0 Å². The molecule has 0 saturated carbocycles. The van der Waals surface area contributed by atoms with Crippen molar-refractivity contribution in [2.45, 2.75) is 40.3 Å².